The lowest BCUT2D eigenvalue weighted by molar-refractivity contribution is -0.165. The summed E-state index contributed by atoms with van der Waals surface area (Å²) in [6.07, 6.45) is -1.97. The monoisotopic (exact) mass is 266 g/mol. The summed E-state index contributed by atoms with van der Waals surface area (Å²) in [6.45, 7) is -1.98. The van der Waals surface area contributed by atoms with Gasteiger partial charge in [-0.15, -0.1) is 0 Å². The van der Waals surface area contributed by atoms with Crippen LogP contribution in [0.25, 0.3) is 0 Å². The van der Waals surface area contributed by atoms with Gasteiger partial charge in [0.1, 0.15) is 6.54 Å². The summed E-state index contributed by atoms with van der Waals surface area (Å²) < 4.78 is 37.1. The summed E-state index contributed by atoms with van der Waals surface area (Å²) in [5.41, 5.74) is 0. The number of hydrogen-bond acceptors (Lipinski definition) is 3. The third-order valence-corrected chi connectivity index (χ3v) is 3.67. The van der Waals surface area contributed by atoms with Gasteiger partial charge >= 0.3 is 6.18 Å². The van der Waals surface area contributed by atoms with Crippen LogP contribution in [-0.2, 0) is 4.79 Å². The van der Waals surface area contributed by atoms with Gasteiger partial charge in [0.25, 0.3) is 0 Å². The van der Waals surface area contributed by atoms with Crippen LogP contribution in [-0.4, -0.2) is 53.9 Å². The van der Waals surface area contributed by atoms with E-state index >= 15 is 0 Å². The van der Waals surface area contributed by atoms with Crippen LogP contribution < -0.4 is 5.32 Å². The Bertz CT molecular complexity index is 322. The fraction of sp³-hybridized carbons (Fsp3) is 0.909. The first-order valence-corrected chi connectivity index (χ1v) is 6.13. The highest BCUT2D eigenvalue weighted by Crippen LogP contribution is 2.34. The molecule has 3 unspecified atom stereocenters. The van der Waals surface area contributed by atoms with Crippen molar-refractivity contribution >= 4 is 5.91 Å². The topological polar surface area (TPSA) is 52.6 Å². The van der Waals surface area contributed by atoms with Gasteiger partial charge in [0, 0.05) is 18.6 Å². The number of halogens is 3. The molecule has 2 aliphatic rings. The second-order valence-corrected chi connectivity index (χ2v) is 4.99. The van der Waals surface area contributed by atoms with Crippen LogP contribution in [0.5, 0.6) is 0 Å². The first-order chi connectivity index (χ1) is 8.40. The number of carbonyl (C=O) groups excluding carboxylic acids is 1. The molecule has 0 aromatic rings. The highest BCUT2D eigenvalue weighted by molar-refractivity contribution is 5.80. The molecule has 104 valence electrons. The lowest BCUT2D eigenvalue weighted by Crippen LogP contribution is -2.46. The number of rotatable bonds is 4. The number of aliphatic hydroxyl groups is 1. The average Bonchev–Trinajstić information content (AvgIpc) is 2.87. The number of fused-ring (bicyclic) bond motifs is 2. The number of aliphatic hydroxyl groups excluding tert-OH is 1. The van der Waals surface area contributed by atoms with Crippen molar-refractivity contribution < 1.29 is 23.1 Å². The van der Waals surface area contributed by atoms with Crippen LogP contribution in [0.4, 0.5) is 13.2 Å². The Morgan fingerprint density at radius 3 is 2.56 bits per heavy atom. The molecule has 4 nitrogen and oxygen atoms in total. The second-order valence-electron chi connectivity index (χ2n) is 4.99. The summed E-state index contributed by atoms with van der Waals surface area (Å²) in [4.78, 5) is 12.8. The van der Waals surface area contributed by atoms with Gasteiger partial charge in [-0.05, 0) is 19.3 Å². The Morgan fingerprint density at radius 1 is 1.39 bits per heavy atom. The van der Waals surface area contributed by atoms with Gasteiger partial charge in [0.05, 0.1) is 12.5 Å². The van der Waals surface area contributed by atoms with Gasteiger partial charge in [-0.1, -0.05) is 0 Å². The zero-order valence-corrected chi connectivity index (χ0v) is 9.91. The molecular formula is C11H17F3N2O2. The van der Waals surface area contributed by atoms with Gasteiger partial charge in [-0.2, -0.15) is 13.2 Å². The van der Waals surface area contributed by atoms with Gasteiger partial charge in [0.2, 0.25) is 5.91 Å². The van der Waals surface area contributed by atoms with Crippen molar-refractivity contribution in [2.75, 3.05) is 19.7 Å². The molecule has 0 radical (unpaired) electrons. The number of hydrogen-bond donors (Lipinski definition) is 2. The van der Waals surface area contributed by atoms with Crippen LogP contribution >= 0.6 is 0 Å². The standard InChI is InChI=1S/C11H17F3N2O2/c12-11(13,14)6-16(3-4-17)10(18)8-5-7-1-2-9(8)15-7/h7-9,15,17H,1-6H2. The normalized spacial score (nSPS) is 30.8. The lowest BCUT2D eigenvalue weighted by atomic mass is 9.88. The second kappa shape index (κ2) is 5.05. The van der Waals surface area contributed by atoms with Crippen molar-refractivity contribution in [2.24, 2.45) is 5.92 Å². The van der Waals surface area contributed by atoms with E-state index in [0.29, 0.717) is 6.42 Å². The van der Waals surface area contributed by atoms with Crippen molar-refractivity contribution in [3.63, 3.8) is 0 Å². The number of nitrogens with one attached hydrogen (secondary N) is 1. The van der Waals surface area contributed by atoms with E-state index in [1.54, 1.807) is 0 Å². The molecule has 0 spiro atoms. The lowest BCUT2D eigenvalue weighted by Gasteiger charge is -2.29. The van der Waals surface area contributed by atoms with Crippen molar-refractivity contribution in [1.82, 2.24) is 10.2 Å². The first-order valence-electron chi connectivity index (χ1n) is 6.13. The Kier molecular flexibility index (Phi) is 3.82. The minimum absolute atomic E-state index is 0.0110. The first kappa shape index (κ1) is 13.6. The molecule has 2 rings (SSSR count). The molecule has 0 aromatic heterocycles. The quantitative estimate of drug-likeness (QED) is 0.779. The minimum Gasteiger partial charge on any atom is -0.395 e. The molecule has 1 amide bonds. The molecule has 3 atom stereocenters. The summed E-state index contributed by atoms with van der Waals surface area (Å²) >= 11 is 0. The maximum atomic E-state index is 12.4. The molecule has 2 saturated heterocycles. The van der Waals surface area contributed by atoms with Crippen molar-refractivity contribution in [2.45, 2.75) is 37.5 Å². The molecule has 0 aromatic carbocycles. The number of amides is 1. The van der Waals surface area contributed by atoms with Crippen molar-refractivity contribution in [3.05, 3.63) is 0 Å². The van der Waals surface area contributed by atoms with Crippen molar-refractivity contribution in [1.29, 1.82) is 0 Å². The molecule has 2 fully saturated rings. The fourth-order valence-corrected chi connectivity index (χ4v) is 2.94. The van der Waals surface area contributed by atoms with Gasteiger partial charge in [0.15, 0.2) is 0 Å². The molecule has 7 heteroatoms. The van der Waals surface area contributed by atoms with E-state index in [1.165, 1.54) is 0 Å². The van der Waals surface area contributed by atoms with E-state index in [2.05, 4.69) is 5.32 Å². The minimum atomic E-state index is -4.42. The summed E-state index contributed by atoms with van der Waals surface area (Å²) in [7, 11) is 0. The summed E-state index contributed by atoms with van der Waals surface area (Å²) in [5.74, 6) is -0.848. The fourth-order valence-electron chi connectivity index (χ4n) is 2.94. The zero-order chi connectivity index (χ0) is 13.3. The number of alkyl halides is 3. The number of nitrogens with zero attached hydrogens (tertiary/aromatic N) is 1. The molecular weight excluding hydrogens is 249 g/mol. The van der Waals surface area contributed by atoms with E-state index in [0.717, 1.165) is 17.7 Å². The van der Waals surface area contributed by atoms with E-state index in [-0.39, 0.29) is 24.5 Å². The Hall–Kier alpha value is -0.820. The van der Waals surface area contributed by atoms with Crippen LogP contribution in [0, 0.1) is 5.92 Å². The summed E-state index contributed by atoms with van der Waals surface area (Å²) in [5, 5.41) is 12.0. The van der Waals surface area contributed by atoms with Gasteiger partial charge in [-0.3, -0.25) is 4.79 Å². The van der Waals surface area contributed by atoms with Crippen molar-refractivity contribution in [3.8, 4) is 0 Å². The van der Waals surface area contributed by atoms with Crippen LogP contribution in [0.2, 0.25) is 0 Å². The Balaban J connectivity index is 1.99. The Labute approximate surface area is 103 Å². The third-order valence-electron chi connectivity index (χ3n) is 3.67. The van der Waals surface area contributed by atoms with E-state index in [1.807, 2.05) is 0 Å². The smallest absolute Gasteiger partial charge is 0.395 e. The van der Waals surface area contributed by atoms with E-state index in [9.17, 15) is 18.0 Å². The average molecular weight is 266 g/mol. The molecule has 2 bridgehead atoms. The predicted molar refractivity (Wildman–Crippen MR) is 57.8 cm³/mol. The molecule has 2 N–H and O–H groups in total. The van der Waals surface area contributed by atoms with Crippen LogP contribution in [0.1, 0.15) is 19.3 Å². The molecule has 2 aliphatic heterocycles. The third kappa shape index (κ3) is 2.95. The summed E-state index contributed by atoms with van der Waals surface area (Å²) in [6, 6.07) is 0.280. The highest BCUT2D eigenvalue weighted by atomic mass is 19.4. The largest absolute Gasteiger partial charge is 0.406 e. The predicted octanol–water partition coefficient (Wildman–Crippen LogP) is 0.510. The maximum Gasteiger partial charge on any atom is 0.406 e. The van der Waals surface area contributed by atoms with Crippen LogP contribution in [0.15, 0.2) is 0 Å². The number of carbonyl (C=O) groups is 1. The zero-order valence-electron chi connectivity index (χ0n) is 9.91. The molecule has 0 aliphatic carbocycles. The molecule has 2 heterocycles. The van der Waals surface area contributed by atoms with Gasteiger partial charge < -0.3 is 15.3 Å². The maximum absolute atomic E-state index is 12.4. The SMILES string of the molecule is O=C(C1CC2CCC1N2)N(CCO)CC(F)(F)F. The van der Waals surface area contributed by atoms with Gasteiger partial charge in [-0.25, -0.2) is 0 Å². The Morgan fingerprint density at radius 2 is 2.11 bits per heavy atom. The highest BCUT2D eigenvalue weighted by Gasteiger charge is 2.45. The van der Waals surface area contributed by atoms with E-state index in [4.69, 9.17) is 5.11 Å². The molecule has 0 saturated carbocycles. The van der Waals surface area contributed by atoms with E-state index < -0.39 is 25.2 Å². The van der Waals surface area contributed by atoms with Crippen LogP contribution in [0.3, 0.4) is 0 Å². The molecule has 18 heavy (non-hydrogen) atoms.